The number of halogens is 1. The normalized spacial score (nSPS) is 19.9. The van der Waals surface area contributed by atoms with E-state index in [2.05, 4.69) is 67.5 Å². The lowest BCUT2D eigenvalue weighted by Crippen LogP contribution is -2.45. The van der Waals surface area contributed by atoms with Crippen LogP contribution in [0.15, 0.2) is 53.3 Å². The lowest BCUT2D eigenvalue weighted by molar-refractivity contribution is 0.193. The van der Waals surface area contributed by atoms with Gasteiger partial charge in [0, 0.05) is 49.1 Å². The summed E-state index contributed by atoms with van der Waals surface area (Å²) in [6.45, 7) is 4.10. The van der Waals surface area contributed by atoms with E-state index in [4.69, 9.17) is 0 Å². The summed E-state index contributed by atoms with van der Waals surface area (Å²) >= 11 is 3.48. The van der Waals surface area contributed by atoms with Gasteiger partial charge in [-0.1, -0.05) is 30.3 Å². The second kappa shape index (κ2) is 6.48. The highest BCUT2D eigenvalue weighted by Crippen LogP contribution is 2.19. The van der Waals surface area contributed by atoms with Gasteiger partial charge >= 0.3 is 0 Å². The van der Waals surface area contributed by atoms with Gasteiger partial charge in [0.2, 0.25) is 0 Å². The summed E-state index contributed by atoms with van der Waals surface area (Å²) in [5.41, 5.74) is 2.62. The first kappa shape index (κ1) is 13.7. The summed E-state index contributed by atoms with van der Waals surface area (Å²) in [7, 11) is 0. The number of aromatic nitrogens is 1. The number of hydrogen-bond acceptors (Lipinski definition) is 3. The molecule has 1 unspecified atom stereocenters. The maximum atomic E-state index is 4.24. The molecule has 0 bridgehead atoms. The molecular weight excluding hydrogens is 314 g/mol. The Morgan fingerprint density at radius 2 is 2.10 bits per heavy atom. The van der Waals surface area contributed by atoms with Gasteiger partial charge in [-0.05, 0) is 33.1 Å². The molecule has 1 N–H and O–H groups in total. The number of rotatable bonds is 3. The maximum Gasteiger partial charge on any atom is 0.0449 e. The largest absolute Gasteiger partial charge is 0.308 e. The summed E-state index contributed by atoms with van der Waals surface area (Å²) in [5.74, 6) is 0. The predicted molar refractivity (Wildman–Crippen MR) is 84.4 cm³/mol. The van der Waals surface area contributed by atoms with E-state index in [0.29, 0.717) is 6.04 Å². The first-order chi connectivity index (χ1) is 9.81. The van der Waals surface area contributed by atoms with Gasteiger partial charge in [0.15, 0.2) is 0 Å². The number of pyridine rings is 1. The van der Waals surface area contributed by atoms with Crippen molar-refractivity contribution in [3.8, 4) is 0 Å². The van der Waals surface area contributed by atoms with Crippen LogP contribution in [-0.4, -0.2) is 29.5 Å². The first-order valence-electron chi connectivity index (χ1n) is 6.91. The van der Waals surface area contributed by atoms with Crippen molar-refractivity contribution >= 4 is 15.9 Å². The molecule has 3 nitrogen and oxygen atoms in total. The summed E-state index contributed by atoms with van der Waals surface area (Å²) < 4.78 is 1.05. The highest BCUT2D eigenvalue weighted by Gasteiger charge is 2.20. The quantitative estimate of drug-likeness (QED) is 0.937. The smallest absolute Gasteiger partial charge is 0.0449 e. The van der Waals surface area contributed by atoms with Crippen molar-refractivity contribution in [1.29, 1.82) is 0 Å². The van der Waals surface area contributed by atoms with Crippen LogP contribution in [-0.2, 0) is 6.54 Å². The molecular formula is C16H18BrN3. The van der Waals surface area contributed by atoms with Crippen LogP contribution >= 0.6 is 15.9 Å². The number of nitrogens with one attached hydrogen (secondary N) is 1. The Balaban J connectivity index is 1.66. The van der Waals surface area contributed by atoms with Crippen molar-refractivity contribution in [2.24, 2.45) is 0 Å². The number of piperazine rings is 1. The van der Waals surface area contributed by atoms with Crippen LogP contribution in [0, 0.1) is 0 Å². The molecule has 0 spiro atoms. The Hall–Kier alpha value is -1.23. The third kappa shape index (κ3) is 3.45. The van der Waals surface area contributed by atoms with Crippen LogP contribution in [0.4, 0.5) is 0 Å². The van der Waals surface area contributed by atoms with Crippen molar-refractivity contribution < 1.29 is 0 Å². The van der Waals surface area contributed by atoms with Crippen molar-refractivity contribution in [3.05, 3.63) is 64.4 Å². The Labute approximate surface area is 128 Å². The molecule has 1 atom stereocenters. The van der Waals surface area contributed by atoms with Gasteiger partial charge in [0.25, 0.3) is 0 Å². The van der Waals surface area contributed by atoms with Crippen molar-refractivity contribution in [2.75, 3.05) is 19.6 Å². The van der Waals surface area contributed by atoms with Crippen LogP contribution in [0.5, 0.6) is 0 Å². The third-order valence-corrected chi connectivity index (χ3v) is 4.06. The average molecular weight is 332 g/mol. The van der Waals surface area contributed by atoms with Gasteiger partial charge in [0.05, 0.1) is 0 Å². The Kier molecular flexibility index (Phi) is 4.45. The molecule has 20 heavy (non-hydrogen) atoms. The van der Waals surface area contributed by atoms with Gasteiger partial charge in [-0.3, -0.25) is 9.88 Å². The van der Waals surface area contributed by atoms with Gasteiger partial charge in [-0.25, -0.2) is 0 Å². The van der Waals surface area contributed by atoms with Crippen molar-refractivity contribution in [3.63, 3.8) is 0 Å². The van der Waals surface area contributed by atoms with Crippen LogP contribution in [0.3, 0.4) is 0 Å². The van der Waals surface area contributed by atoms with E-state index in [1.54, 1.807) is 0 Å². The molecule has 0 amide bonds. The zero-order chi connectivity index (χ0) is 13.8. The zero-order valence-corrected chi connectivity index (χ0v) is 12.9. The molecule has 1 saturated heterocycles. The minimum atomic E-state index is 0.421. The maximum absolute atomic E-state index is 4.24. The summed E-state index contributed by atoms with van der Waals surface area (Å²) in [6, 6.07) is 13.2. The molecule has 0 radical (unpaired) electrons. The van der Waals surface area contributed by atoms with E-state index in [1.165, 1.54) is 11.1 Å². The van der Waals surface area contributed by atoms with Crippen LogP contribution in [0.1, 0.15) is 17.2 Å². The van der Waals surface area contributed by atoms with Gasteiger partial charge < -0.3 is 5.32 Å². The average Bonchev–Trinajstić information content (AvgIpc) is 2.48. The summed E-state index contributed by atoms with van der Waals surface area (Å²) in [6.07, 6.45) is 3.78. The second-order valence-electron chi connectivity index (χ2n) is 5.16. The molecule has 1 aromatic heterocycles. The zero-order valence-electron chi connectivity index (χ0n) is 11.3. The van der Waals surface area contributed by atoms with Crippen molar-refractivity contribution in [1.82, 2.24) is 15.2 Å². The fourth-order valence-electron chi connectivity index (χ4n) is 2.66. The molecule has 0 aliphatic carbocycles. The van der Waals surface area contributed by atoms with E-state index in [0.717, 1.165) is 30.7 Å². The van der Waals surface area contributed by atoms with Gasteiger partial charge in [-0.15, -0.1) is 0 Å². The first-order valence-corrected chi connectivity index (χ1v) is 7.71. The SMILES string of the molecule is Brc1cncc(CN2CCNC(c3ccccc3)C2)c1. The lowest BCUT2D eigenvalue weighted by Gasteiger charge is -2.34. The fraction of sp³-hybridized carbons (Fsp3) is 0.312. The minimum Gasteiger partial charge on any atom is -0.308 e. The highest BCUT2D eigenvalue weighted by atomic mass is 79.9. The topological polar surface area (TPSA) is 28.2 Å². The standard InChI is InChI=1S/C16H18BrN3/c17-15-8-13(9-18-10-15)11-20-7-6-19-16(12-20)14-4-2-1-3-5-14/h1-5,8-10,16,19H,6-7,11-12H2. The van der Waals surface area contributed by atoms with E-state index in [-0.39, 0.29) is 0 Å². The molecule has 4 heteroatoms. The molecule has 104 valence electrons. The molecule has 2 aromatic rings. The molecule has 1 aromatic carbocycles. The molecule has 0 saturated carbocycles. The van der Waals surface area contributed by atoms with E-state index in [9.17, 15) is 0 Å². The molecule has 1 aliphatic heterocycles. The second-order valence-corrected chi connectivity index (χ2v) is 6.08. The van der Waals surface area contributed by atoms with Crippen LogP contribution < -0.4 is 5.32 Å². The van der Waals surface area contributed by atoms with Gasteiger partial charge in [-0.2, -0.15) is 0 Å². The fourth-order valence-corrected chi connectivity index (χ4v) is 3.08. The third-order valence-electron chi connectivity index (χ3n) is 3.63. The molecule has 1 aliphatic rings. The Morgan fingerprint density at radius 3 is 2.90 bits per heavy atom. The van der Waals surface area contributed by atoms with E-state index in [1.807, 2.05) is 12.4 Å². The Bertz CT molecular complexity index is 559. The molecule has 3 rings (SSSR count). The van der Waals surface area contributed by atoms with Crippen LogP contribution in [0.25, 0.3) is 0 Å². The number of nitrogens with zero attached hydrogens (tertiary/aromatic N) is 2. The summed E-state index contributed by atoms with van der Waals surface area (Å²) in [5, 5.41) is 3.60. The number of benzene rings is 1. The number of hydrogen-bond donors (Lipinski definition) is 1. The predicted octanol–water partition coefficient (Wildman–Crippen LogP) is 2.99. The van der Waals surface area contributed by atoms with Crippen molar-refractivity contribution in [2.45, 2.75) is 12.6 Å². The highest BCUT2D eigenvalue weighted by molar-refractivity contribution is 9.10. The monoisotopic (exact) mass is 331 g/mol. The van der Waals surface area contributed by atoms with Crippen LogP contribution in [0.2, 0.25) is 0 Å². The lowest BCUT2D eigenvalue weighted by atomic mass is 10.0. The van der Waals surface area contributed by atoms with Gasteiger partial charge in [0.1, 0.15) is 0 Å². The minimum absolute atomic E-state index is 0.421. The van der Waals surface area contributed by atoms with E-state index >= 15 is 0 Å². The summed E-state index contributed by atoms with van der Waals surface area (Å²) in [4.78, 5) is 6.72. The Morgan fingerprint density at radius 1 is 1.25 bits per heavy atom. The van der Waals surface area contributed by atoms with E-state index < -0.39 is 0 Å². The molecule has 1 fully saturated rings. The molecule has 2 heterocycles.